The average molecular weight is 489 g/mol. The molecule has 7 nitrogen and oxygen atoms in total. The van der Waals surface area contributed by atoms with Crippen LogP contribution in [0.5, 0.6) is 0 Å². The number of nitrogens with zero attached hydrogens (tertiary/aromatic N) is 5. The van der Waals surface area contributed by atoms with Crippen LogP contribution in [-0.4, -0.2) is 45.0 Å². The summed E-state index contributed by atoms with van der Waals surface area (Å²) in [6.07, 6.45) is 1.70. The van der Waals surface area contributed by atoms with Crippen LogP contribution in [0.1, 0.15) is 37.7 Å². The summed E-state index contributed by atoms with van der Waals surface area (Å²) >= 11 is 6.37. The highest BCUT2D eigenvalue weighted by Gasteiger charge is 2.30. The number of halogens is 1. The van der Waals surface area contributed by atoms with Gasteiger partial charge in [-0.25, -0.2) is 15.0 Å². The van der Waals surface area contributed by atoms with Crippen LogP contribution in [-0.2, 0) is 23.3 Å². The number of hydrogen-bond donors (Lipinski definition) is 1. The fourth-order valence-electron chi connectivity index (χ4n) is 4.82. The Hall–Kier alpha value is -3.13. The summed E-state index contributed by atoms with van der Waals surface area (Å²) in [4.78, 5) is 21.0. The fourth-order valence-corrected chi connectivity index (χ4v) is 5.04. The maximum absolute atomic E-state index is 6.37. The number of hydrogen-bond acceptors (Lipinski definition) is 7. The predicted octanol–water partition coefficient (Wildman–Crippen LogP) is 5.74. The summed E-state index contributed by atoms with van der Waals surface area (Å²) in [5, 5.41) is 4.88. The molecule has 5 rings (SSSR count). The molecule has 180 valence electrons. The highest BCUT2D eigenvalue weighted by atomic mass is 35.5. The molecule has 8 heteroatoms. The van der Waals surface area contributed by atoms with E-state index in [1.54, 1.807) is 18.3 Å². The van der Waals surface area contributed by atoms with Gasteiger partial charge in [0.15, 0.2) is 11.5 Å². The van der Waals surface area contributed by atoms with E-state index in [2.05, 4.69) is 59.3 Å². The normalized spacial score (nSPS) is 15.2. The van der Waals surface area contributed by atoms with E-state index >= 15 is 0 Å². The lowest BCUT2D eigenvalue weighted by Gasteiger charge is -2.38. The molecule has 0 radical (unpaired) electrons. The number of aromatic nitrogens is 4. The maximum atomic E-state index is 6.37. The molecular formula is C27H29ClN6O. The van der Waals surface area contributed by atoms with Crippen molar-refractivity contribution in [2.24, 2.45) is 0 Å². The molecule has 1 aliphatic rings. The summed E-state index contributed by atoms with van der Waals surface area (Å²) in [6.45, 7) is 9.39. The Morgan fingerprint density at radius 3 is 2.77 bits per heavy atom. The summed E-state index contributed by atoms with van der Waals surface area (Å²) in [6, 6.07) is 14.0. The SMILES string of the molecule is CCOCc1nc(Nc2ccc3c(c2)CN(C)CC3(C)C)c2ccc(-c3ncccc3Cl)nc2n1. The Labute approximate surface area is 210 Å². The first kappa shape index (κ1) is 23.6. The Balaban J connectivity index is 1.56. The van der Waals surface area contributed by atoms with E-state index in [4.69, 9.17) is 26.3 Å². The molecule has 0 aliphatic carbocycles. The van der Waals surface area contributed by atoms with Crippen LogP contribution in [0.2, 0.25) is 5.02 Å². The van der Waals surface area contributed by atoms with Crippen LogP contribution in [0.15, 0.2) is 48.7 Å². The van der Waals surface area contributed by atoms with E-state index in [-0.39, 0.29) is 5.41 Å². The number of nitrogens with one attached hydrogen (secondary N) is 1. The van der Waals surface area contributed by atoms with Gasteiger partial charge in [-0.1, -0.05) is 31.5 Å². The zero-order chi connectivity index (χ0) is 24.6. The van der Waals surface area contributed by atoms with Crippen LogP contribution in [0.4, 0.5) is 11.5 Å². The largest absolute Gasteiger partial charge is 0.374 e. The monoisotopic (exact) mass is 488 g/mol. The molecule has 35 heavy (non-hydrogen) atoms. The molecule has 1 N–H and O–H groups in total. The van der Waals surface area contributed by atoms with Gasteiger partial charge in [0.1, 0.15) is 18.1 Å². The first-order valence-corrected chi connectivity index (χ1v) is 12.2. The van der Waals surface area contributed by atoms with Gasteiger partial charge in [-0.15, -0.1) is 0 Å². The van der Waals surface area contributed by atoms with Crippen LogP contribution < -0.4 is 5.32 Å². The van der Waals surface area contributed by atoms with E-state index in [9.17, 15) is 0 Å². The third kappa shape index (κ3) is 4.85. The van der Waals surface area contributed by atoms with Crippen LogP contribution in [0, 0.1) is 0 Å². The minimum atomic E-state index is 0.111. The molecule has 1 aliphatic heterocycles. The minimum Gasteiger partial charge on any atom is -0.374 e. The van der Waals surface area contributed by atoms with Crippen LogP contribution in [0.25, 0.3) is 22.4 Å². The number of benzene rings is 1. The predicted molar refractivity (Wildman–Crippen MR) is 140 cm³/mol. The van der Waals surface area contributed by atoms with Gasteiger partial charge in [0, 0.05) is 37.0 Å². The third-order valence-corrected chi connectivity index (χ3v) is 6.55. The van der Waals surface area contributed by atoms with Crippen molar-refractivity contribution in [1.82, 2.24) is 24.8 Å². The van der Waals surface area contributed by atoms with E-state index in [0.29, 0.717) is 46.9 Å². The molecule has 0 bridgehead atoms. The van der Waals surface area contributed by atoms with Gasteiger partial charge in [0.2, 0.25) is 0 Å². The molecule has 0 amide bonds. The summed E-state index contributed by atoms with van der Waals surface area (Å²) < 4.78 is 5.60. The lowest BCUT2D eigenvalue weighted by atomic mass is 9.78. The van der Waals surface area contributed by atoms with Crippen molar-refractivity contribution in [2.45, 2.75) is 39.3 Å². The van der Waals surface area contributed by atoms with Crippen molar-refractivity contribution >= 4 is 34.1 Å². The second kappa shape index (κ2) is 9.49. The second-order valence-electron chi connectivity index (χ2n) is 9.58. The third-order valence-electron chi connectivity index (χ3n) is 6.25. The lowest BCUT2D eigenvalue weighted by Crippen LogP contribution is -2.39. The van der Waals surface area contributed by atoms with Gasteiger partial charge in [0.25, 0.3) is 0 Å². The summed E-state index contributed by atoms with van der Waals surface area (Å²) in [7, 11) is 2.17. The second-order valence-corrected chi connectivity index (χ2v) is 9.99. The molecule has 3 aromatic heterocycles. The van der Waals surface area contributed by atoms with Crippen molar-refractivity contribution in [2.75, 3.05) is 25.5 Å². The van der Waals surface area contributed by atoms with Crippen molar-refractivity contribution in [3.05, 3.63) is 70.6 Å². The summed E-state index contributed by atoms with van der Waals surface area (Å²) in [5.41, 5.74) is 5.66. The number of rotatable bonds is 6. The van der Waals surface area contributed by atoms with Gasteiger partial charge in [-0.3, -0.25) is 4.98 Å². The minimum absolute atomic E-state index is 0.111. The number of likely N-dealkylation sites (N-methyl/N-ethyl adjacent to an activating group) is 1. The Bertz CT molecular complexity index is 1390. The molecule has 1 aromatic carbocycles. The quantitative estimate of drug-likeness (QED) is 0.370. The van der Waals surface area contributed by atoms with Crippen LogP contribution in [0.3, 0.4) is 0 Å². The van der Waals surface area contributed by atoms with Gasteiger partial charge in [-0.2, -0.15) is 0 Å². The first-order valence-electron chi connectivity index (χ1n) is 11.8. The van der Waals surface area contributed by atoms with Crippen molar-refractivity contribution in [3.63, 3.8) is 0 Å². The van der Waals surface area contributed by atoms with E-state index in [1.807, 2.05) is 19.1 Å². The Morgan fingerprint density at radius 1 is 1.11 bits per heavy atom. The molecular weight excluding hydrogens is 460 g/mol. The Kier molecular flexibility index (Phi) is 6.40. The van der Waals surface area contributed by atoms with Gasteiger partial charge < -0.3 is 15.0 Å². The number of ether oxygens (including phenoxy) is 1. The van der Waals surface area contributed by atoms with Crippen molar-refractivity contribution in [3.8, 4) is 11.4 Å². The molecule has 0 spiro atoms. The smallest absolute Gasteiger partial charge is 0.165 e. The van der Waals surface area contributed by atoms with E-state index in [1.165, 1.54) is 11.1 Å². The molecule has 0 atom stereocenters. The zero-order valence-electron chi connectivity index (χ0n) is 20.5. The maximum Gasteiger partial charge on any atom is 0.165 e. The summed E-state index contributed by atoms with van der Waals surface area (Å²) in [5.74, 6) is 1.26. The van der Waals surface area contributed by atoms with Gasteiger partial charge in [0.05, 0.1) is 16.1 Å². The number of fused-ring (bicyclic) bond motifs is 2. The lowest BCUT2D eigenvalue weighted by molar-refractivity contribution is 0.128. The van der Waals surface area contributed by atoms with Crippen LogP contribution >= 0.6 is 11.6 Å². The zero-order valence-corrected chi connectivity index (χ0v) is 21.2. The molecule has 0 unspecified atom stereocenters. The van der Waals surface area contributed by atoms with Crippen molar-refractivity contribution in [1.29, 1.82) is 0 Å². The highest BCUT2D eigenvalue weighted by molar-refractivity contribution is 6.32. The molecule has 0 saturated heterocycles. The molecule has 4 heterocycles. The fraction of sp³-hybridized carbons (Fsp3) is 0.333. The standard InChI is InChI=1S/C27H29ClN6O/c1-5-35-15-23-32-25(30-18-8-10-20-17(13-18)14-34(4)16-27(20,2)3)19-9-11-22(31-26(19)33-23)24-21(28)7-6-12-29-24/h6-13H,5,14-16H2,1-4H3,(H,30,31,32,33). The average Bonchev–Trinajstić information content (AvgIpc) is 2.82. The van der Waals surface area contributed by atoms with E-state index in [0.717, 1.165) is 24.2 Å². The molecule has 0 saturated carbocycles. The highest BCUT2D eigenvalue weighted by Crippen LogP contribution is 2.35. The van der Waals surface area contributed by atoms with Gasteiger partial charge in [-0.05, 0) is 61.5 Å². The van der Waals surface area contributed by atoms with Gasteiger partial charge >= 0.3 is 0 Å². The topological polar surface area (TPSA) is 76.1 Å². The molecule has 0 fully saturated rings. The Morgan fingerprint density at radius 2 is 1.97 bits per heavy atom. The number of pyridine rings is 2. The van der Waals surface area contributed by atoms with E-state index < -0.39 is 0 Å². The first-order chi connectivity index (χ1) is 16.8. The molecule has 4 aromatic rings. The number of anilines is 2. The van der Waals surface area contributed by atoms with Crippen molar-refractivity contribution < 1.29 is 4.74 Å².